The van der Waals surface area contributed by atoms with Crippen molar-refractivity contribution in [2.75, 3.05) is 29.9 Å². The molecule has 0 radical (unpaired) electrons. The lowest BCUT2D eigenvalue weighted by Crippen LogP contribution is -2.19. The van der Waals surface area contributed by atoms with Crippen LogP contribution in [0.3, 0.4) is 0 Å². The molecule has 25 heavy (non-hydrogen) atoms. The largest absolute Gasteiger partial charge is 0.376 e. The normalized spacial score (nSPS) is 20.2. The summed E-state index contributed by atoms with van der Waals surface area (Å²) in [6.45, 7) is 3.64. The molecule has 7 heteroatoms. The van der Waals surface area contributed by atoms with E-state index in [1.165, 1.54) is 12.8 Å². The molecule has 0 spiro atoms. The number of pyridine rings is 1. The molecule has 2 aliphatic rings. The Morgan fingerprint density at radius 3 is 2.84 bits per heavy atom. The average Bonchev–Trinajstić information content (AvgIpc) is 3.38. The first kappa shape index (κ1) is 16.1. The Morgan fingerprint density at radius 1 is 1.24 bits per heavy atom. The van der Waals surface area contributed by atoms with Crippen LogP contribution in [-0.4, -0.2) is 46.5 Å². The smallest absolute Gasteiger partial charge is 0.257 e. The molecular weight excluding hydrogens is 318 g/mol. The molecule has 4 heterocycles. The molecule has 0 aromatic carbocycles. The van der Waals surface area contributed by atoms with Crippen molar-refractivity contribution in [2.24, 2.45) is 0 Å². The van der Waals surface area contributed by atoms with Gasteiger partial charge in [-0.25, -0.2) is 4.98 Å². The van der Waals surface area contributed by atoms with Gasteiger partial charge < -0.3 is 15.0 Å². The molecule has 1 atom stereocenters. The van der Waals surface area contributed by atoms with E-state index in [4.69, 9.17) is 4.74 Å². The third-order valence-corrected chi connectivity index (χ3v) is 4.75. The zero-order valence-corrected chi connectivity index (χ0v) is 14.2. The van der Waals surface area contributed by atoms with Gasteiger partial charge in [-0.2, -0.15) is 5.10 Å². The molecule has 0 bridgehead atoms. The van der Waals surface area contributed by atoms with Crippen molar-refractivity contribution in [1.82, 2.24) is 14.8 Å². The fraction of sp³-hybridized carbons (Fsp3) is 0.500. The van der Waals surface area contributed by atoms with Crippen molar-refractivity contribution in [2.45, 2.75) is 38.3 Å². The van der Waals surface area contributed by atoms with Crippen LogP contribution in [0.25, 0.3) is 0 Å². The minimum atomic E-state index is -0.169. The van der Waals surface area contributed by atoms with Gasteiger partial charge in [-0.1, -0.05) is 0 Å². The molecular formula is C18H23N5O2. The van der Waals surface area contributed by atoms with Gasteiger partial charge in [0.2, 0.25) is 0 Å². The van der Waals surface area contributed by atoms with Crippen LogP contribution in [0, 0.1) is 0 Å². The number of anilines is 2. The number of amides is 1. The SMILES string of the molecule is O=C(Nc1cnn(CC2CCCO2)c1)c1ccc(N2CCCC2)nc1. The number of hydrogen-bond donors (Lipinski definition) is 1. The second kappa shape index (κ2) is 7.23. The van der Waals surface area contributed by atoms with Gasteiger partial charge in [-0.3, -0.25) is 9.48 Å². The van der Waals surface area contributed by atoms with Gasteiger partial charge in [0.25, 0.3) is 5.91 Å². The van der Waals surface area contributed by atoms with Crippen LogP contribution in [0.1, 0.15) is 36.0 Å². The van der Waals surface area contributed by atoms with Crippen LogP contribution in [0.4, 0.5) is 11.5 Å². The van der Waals surface area contributed by atoms with E-state index in [1.54, 1.807) is 12.4 Å². The molecule has 2 aromatic rings. The average molecular weight is 341 g/mol. The number of aromatic nitrogens is 3. The van der Waals surface area contributed by atoms with Gasteiger partial charge in [0, 0.05) is 32.1 Å². The quantitative estimate of drug-likeness (QED) is 0.903. The number of nitrogens with one attached hydrogen (secondary N) is 1. The standard InChI is InChI=1S/C18H23N5O2/c24-18(14-5-6-17(19-10-14)22-7-1-2-8-22)21-15-11-20-23(12-15)13-16-4-3-9-25-16/h5-6,10-12,16H,1-4,7-9,13H2,(H,21,24). The Hall–Kier alpha value is -2.41. The predicted octanol–water partition coefficient (Wildman–Crippen LogP) is 2.31. The van der Waals surface area contributed by atoms with Gasteiger partial charge in [-0.15, -0.1) is 0 Å². The molecule has 1 N–H and O–H groups in total. The lowest BCUT2D eigenvalue weighted by Gasteiger charge is -2.16. The van der Waals surface area contributed by atoms with Crippen molar-refractivity contribution in [3.63, 3.8) is 0 Å². The van der Waals surface area contributed by atoms with Gasteiger partial charge in [0.1, 0.15) is 5.82 Å². The predicted molar refractivity (Wildman–Crippen MR) is 94.8 cm³/mol. The van der Waals surface area contributed by atoms with E-state index in [0.717, 1.165) is 44.9 Å². The fourth-order valence-corrected chi connectivity index (χ4v) is 3.38. The molecule has 2 aliphatic heterocycles. The third kappa shape index (κ3) is 3.82. The topological polar surface area (TPSA) is 72.3 Å². The third-order valence-electron chi connectivity index (χ3n) is 4.75. The summed E-state index contributed by atoms with van der Waals surface area (Å²) in [5.41, 5.74) is 1.24. The highest BCUT2D eigenvalue weighted by Crippen LogP contribution is 2.18. The number of nitrogens with zero attached hydrogens (tertiary/aromatic N) is 4. The lowest BCUT2D eigenvalue weighted by atomic mass is 10.2. The zero-order valence-electron chi connectivity index (χ0n) is 14.2. The summed E-state index contributed by atoms with van der Waals surface area (Å²) in [7, 11) is 0. The fourth-order valence-electron chi connectivity index (χ4n) is 3.38. The van der Waals surface area contributed by atoms with E-state index in [0.29, 0.717) is 11.3 Å². The summed E-state index contributed by atoms with van der Waals surface area (Å²) in [6.07, 6.45) is 9.96. The van der Waals surface area contributed by atoms with E-state index in [-0.39, 0.29) is 12.0 Å². The van der Waals surface area contributed by atoms with Gasteiger partial charge in [-0.05, 0) is 37.8 Å². The summed E-state index contributed by atoms with van der Waals surface area (Å²) in [6, 6.07) is 3.74. The first-order valence-corrected chi connectivity index (χ1v) is 8.94. The monoisotopic (exact) mass is 341 g/mol. The molecule has 4 rings (SSSR count). The second-order valence-corrected chi connectivity index (χ2v) is 6.64. The number of carbonyl (C=O) groups is 1. The molecule has 0 saturated carbocycles. The van der Waals surface area contributed by atoms with Crippen LogP contribution in [0.5, 0.6) is 0 Å². The molecule has 0 aliphatic carbocycles. The van der Waals surface area contributed by atoms with E-state index in [1.807, 2.05) is 23.0 Å². The molecule has 1 unspecified atom stereocenters. The number of carbonyl (C=O) groups excluding carboxylic acids is 1. The minimum absolute atomic E-state index is 0.169. The van der Waals surface area contributed by atoms with Gasteiger partial charge >= 0.3 is 0 Å². The van der Waals surface area contributed by atoms with Crippen molar-refractivity contribution >= 4 is 17.4 Å². The minimum Gasteiger partial charge on any atom is -0.376 e. The Labute approximate surface area is 147 Å². The van der Waals surface area contributed by atoms with E-state index in [2.05, 4.69) is 20.3 Å². The molecule has 1 amide bonds. The summed E-state index contributed by atoms with van der Waals surface area (Å²) in [5.74, 6) is 0.774. The maximum absolute atomic E-state index is 12.4. The van der Waals surface area contributed by atoms with E-state index >= 15 is 0 Å². The highest BCUT2D eigenvalue weighted by Gasteiger charge is 2.17. The van der Waals surface area contributed by atoms with Crippen molar-refractivity contribution in [1.29, 1.82) is 0 Å². The van der Waals surface area contributed by atoms with Crippen LogP contribution in [0.15, 0.2) is 30.7 Å². The molecule has 2 saturated heterocycles. The van der Waals surface area contributed by atoms with Gasteiger partial charge in [0.15, 0.2) is 0 Å². The maximum atomic E-state index is 12.4. The first-order valence-electron chi connectivity index (χ1n) is 8.94. The summed E-state index contributed by atoms with van der Waals surface area (Å²) in [5, 5.41) is 7.17. The van der Waals surface area contributed by atoms with Crippen LogP contribution >= 0.6 is 0 Å². The number of rotatable bonds is 5. The molecule has 7 nitrogen and oxygen atoms in total. The van der Waals surface area contributed by atoms with Crippen molar-refractivity contribution in [3.8, 4) is 0 Å². The maximum Gasteiger partial charge on any atom is 0.257 e. The lowest BCUT2D eigenvalue weighted by molar-refractivity contribution is 0.0940. The molecule has 2 aromatic heterocycles. The van der Waals surface area contributed by atoms with E-state index < -0.39 is 0 Å². The second-order valence-electron chi connectivity index (χ2n) is 6.64. The number of hydrogen-bond acceptors (Lipinski definition) is 5. The highest BCUT2D eigenvalue weighted by atomic mass is 16.5. The van der Waals surface area contributed by atoms with Crippen molar-refractivity contribution in [3.05, 3.63) is 36.3 Å². The molecule has 2 fully saturated rings. The zero-order chi connectivity index (χ0) is 17.1. The van der Waals surface area contributed by atoms with Crippen LogP contribution in [-0.2, 0) is 11.3 Å². The summed E-state index contributed by atoms with van der Waals surface area (Å²) >= 11 is 0. The first-order chi connectivity index (χ1) is 12.3. The van der Waals surface area contributed by atoms with Crippen molar-refractivity contribution < 1.29 is 9.53 Å². The Morgan fingerprint density at radius 2 is 2.12 bits per heavy atom. The highest BCUT2D eigenvalue weighted by molar-refractivity contribution is 6.04. The summed E-state index contributed by atoms with van der Waals surface area (Å²) in [4.78, 5) is 19.0. The van der Waals surface area contributed by atoms with E-state index in [9.17, 15) is 4.79 Å². The Balaban J connectivity index is 1.35. The Bertz CT molecular complexity index is 715. The summed E-state index contributed by atoms with van der Waals surface area (Å²) < 4.78 is 7.43. The molecule has 132 valence electrons. The Kier molecular flexibility index (Phi) is 4.65. The van der Waals surface area contributed by atoms with Gasteiger partial charge in [0.05, 0.1) is 30.1 Å². The van der Waals surface area contributed by atoms with Crippen LogP contribution in [0.2, 0.25) is 0 Å². The number of ether oxygens (including phenoxy) is 1. The van der Waals surface area contributed by atoms with Crippen LogP contribution < -0.4 is 10.2 Å².